The van der Waals surface area contributed by atoms with E-state index in [1.165, 1.54) is 5.56 Å². The molecule has 0 aromatic heterocycles. The van der Waals surface area contributed by atoms with E-state index in [-0.39, 0.29) is 5.92 Å². The summed E-state index contributed by atoms with van der Waals surface area (Å²) in [6, 6.07) is 6.19. The third-order valence-electron chi connectivity index (χ3n) is 5.32. The van der Waals surface area contributed by atoms with Gasteiger partial charge in [-0.25, -0.2) is 0 Å². The highest BCUT2D eigenvalue weighted by Gasteiger charge is 2.27. The standard InChI is InChI=1S/C20H26N2O3/c23-20(17-4-2-1-3-5-17)22-10-8-21(9-11-22)15-16-6-7-18-19(14-16)25-13-12-24-18/h1-2,6-7,14,17H,3-5,8-13,15H2/t17-/m0/s1. The van der Waals surface area contributed by atoms with E-state index in [4.69, 9.17) is 9.47 Å². The van der Waals surface area contributed by atoms with E-state index in [1.54, 1.807) is 0 Å². The molecule has 1 atom stereocenters. The van der Waals surface area contributed by atoms with Crippen LogP contribution in [-0.2, 0) is 11.3 Å². The van der Waals surface area contributed by atoms with E-state index in [0.717, 1.165) is 63.5 Å². The van der Waals surface area contributed by atoms with E-state index in [9.17, 15) is 4.79 Å². The Morgan fingerprint density at radius 3 is 2.60 bits per heavy atom. The fourth-order valence-electron chi connectivity index (χ4n) is 3.85. The summed E-state index contributed by atoms with van der Waals surface area (Å²) >= 11 is 0. The maximum Gasteiger partial charge on any atom is 0.226 e. The first-order chi connectivity index (χ1) is 12.3. The average Bonchev–Trinajstić information content (AvgIpc) is 2.69. The minimum absolute atomic E-state index is 0.203. The highest BCUT2D eigenvalue weighted by atomic mass is 16.6. The molecule has 0 bridgehead atoms. The second-order valence-electron chi connectivity index (χ2n) is 7.06. The highest BCUT2D eigenvalue weighted by Crippen LogP contribution is 2.31. The zero-order valence-electron chi connectivity index (χ0n) is 14.7. The van der Waals surface area contributed by atoms with E-state index < -0.39 is 0 Å². The molecule has 0 saturated carbocycles. The van der Waals surface area contributed by atoms with Gasteiger partial charge < -0.3 is 14.4 Å². The molecule has 1 fully saturated rings. The van der Waals surface area contributed by atoms with Crippen molar-refractivity contribution in [1.29, 1.82) is 0 Å². The first kappa shape index (κ1) is 16.5. The lowest BCUT2D eigenvalue weighted by Gasteiger charge is -2.36. The number of carbonyl (C=O) groups excluding carboxylic acids is 1. The van der Waals surface area contributed by atoms with E-state index in [1.807, 2.05) is 6.07 Å². The Balaban J connectivity index is 1.30. The lowest BCUT2D eigenvalue weighted by Crippen LogP contribution is -2.50. The summed E-state index contributed by atoms with van der Waals surface area (Å²) in [5, 5.41) is 0. The Labute approximate surface area is 149 Å². The molecule has 2 aliphatic heterocycles. The number of hydrogen-bond donors (Lipinski definition) is 0. The molecule has 1 saturated heterocycles. The van der Waals surface area contributed by atoms with Crippen molar-refractivity contribution in [3.63, 3.8) is 0 Å². The van der Waals surface area contributed by atoms with Gasteiger partial charge in [0.2, 0.25) is 5.91 Å². The molecule has 3 aliphatic rings. The van der Waals surface area contributed by atoms with Crippen LogP contribution in [0.1, 0.15) is 24.8 Å². The molecule has 5 nitrogen and oxygen atoms in total. The quantitative estimate of drug-likeness (QED) is 0.792. The van der Waals surface area contributed by atoms with Crippen molar-refractivity contribution in [3.8, 4) is 11.5 Å². The molecule has 134 valence electrons. The number of piperazine rings is 1. The zero-order chi connectivity index (χ0) is 17.1. The summed E-state index contributed by atoms with van der Waals surface area (Å²) in [6.07, 6.45) is 7.31. The summed E-state index contributed by atoms with van der Waals surface area (Å²) in [4.78, 5) is 17.1. The minimum Gasteiger partial charge on any atom is -0.486 e. The molecule has 5 heteroatoms. The molecule has 1 aromatic carbocycles. The fourth-order valence-corrected chi connectivity index (χ4v) is 3.85. The van der Waals surface area contributed by atoms with Crippen LogP contribution in [0.15, 0.2) is 30.4 Å². The van der Waals surface area contributed by atoms with Gasteiger partial charge in [0.05, 0.1) is 0 Å². The number of benzene rings is 1. The molecule has 1 amide bonds. The molecule has 1 aliphatic carbocycles. The van der Waals surface area contributed by atoms with Crippen molar-refractivity contribution in [3.05, 3.63) is 35.9 Å². The molecular formula is C20H26N2O3. The third-order valence-corrected chi connectivity index (χ3v) is 5.32. The Kier molecular flexibility index (Phi) is 4.92. The maximum absolute atomic E-state index is 12.6. The lowest BCUT2D eigenvalue weighted by atomic mass is 9.93. The SMILES string of the molecule is O=C([C@H]1CC=CCC1)N1CCN(Cc2ccc3c(c2)OCCO3)CC1. The fraction of sp³-hybridized carbons (Fsp3) is 0.550. The topological polar surface area (TPSA) is 42.0 Å². The smallest absolute Gasteiger partial charge is 0.226 e. The zero-order valence-corrected chi connectivity index (χ0v) is 14.7. The molecule has 0 N–H and O–H groups in total. The minimum atomic E-state index is 0.203. The summed E-state index contributed by atoms with van der Waals surface area (Å²) in [5.41, 5.74) is 1.24. The van der Waals surface area contributed by atoms with Gasteiger partial charge in [-0.1, -0.05) is 18.2 Å². The number of amides is 1. The Hall–Kier alpha value is -2.01. The molecule has 1 aromatic rings. The Morgan fingerprint density at radius 2 is 1.84 bits per heavy atom. The predicted molar refractivity (Wildman–Crippen MR) is 95.8 cm³/mol. The van der Waals surface area contributed by atoms with Crippen LogP contribution in [0.3, 0.4) is 0 Å². The molecule has 25 heavy (non-hydrogen) atoms. The van der Waals surface area contributed by atoms with E-state index in [2.05, 4.69) is 34.1 Å². The predicted octanol–water partition coefficient (Wildman–Crippen LogP) is 2.46. The molecule has 0 spiro atoms. The number of nitrogens with zero attached hydrogens (tertiary/aromatic N) is 2. The molecular weight excluding hydrogens is 316 g/mol. The van der Waals surface area contributed by atoms with Gasteiger partial charge >= 0.3 is 0 Å². The first-order valence-electron chi connectivity index (χ1n) is 9.34. The van der Waals surface area contributed by atoms with Crippen molar-refractivity contribution < 1.29 is 14.3 Å². The molecule has 0 radical (unpaired) electrons. The van der Waals surface area contributed by atoms with Gasteiger partial charge in [0, 0.05) is 38.6 Å². The number of hydrogen-bond acceptors (Lipinski definition) is 4. The van der Waals surface area contributed by atoms with E-state index >= 15 is 0 Å². The van der Waals surface area contributed by atoms with Crippen LogP contribution < -0.4 is 9.47 Å². The van der Waals surface area contributed by atoms with Crippen molar-refractivity contribution in [2.24, 2.45) is 5.92 Å². The number of ether oxygens (including phenoxy) is 2. The van der Waals surface area contributed by atoms with Crippen LogP contribution in [0, 0.1) is 5.92 Å². The van der Waals surface area contributed by atoms with Gasteiger partial charge in [-0.2, -0.15) is 0 Å². The first-order valence-corrected chi connectivity index (χ1v) is 9.34. The van der Waals surface area contributed by atoms with Crippen molar-refractivity contribution in [2.45, 2.75) is 25.8 Å². The third kappa shape index (κ3) is 3.82. The lowest BCUT2D eigenvalue weighted by molar-refractivity contribution is -0.137. The highest BCUT2D eigenvalue weighted by molar-refractivity contribution is 5.79. The maximum atomic E-state index is 12.6. The molecule has 0 unspecified atom stereocenters. The average molecular weight is 342 g/mol. The van der Waals surface area contributed by atoms with Crippen LogP contribution in [0.5, 0.6) is 11.5 Å². The number of allylic oxidation sites excluding steroid dienone is 2. The summed E-state index contributed by atoms with van der Waals surface area (Å²) in [7, 11) is 0. The number of rotatable bonds is 3. The van der Waals surface area contributed by atoms with Crippen LogP contribution in [-0.4, -0.2) is 55.1 Å². The van der Waals surface area contributed by atoms with Gasteiger partial charge in [0.15, 0.2) is 11.5 Å². The van der Waals surface area contributed by atoms with Crippen LogP contribution in [0.4, 0.5) is 0 Å². The van der Waals surface area contributed by atoms with Gasteiger partial charge in [-0.15, -0.1) is 0 Å². The summed E-state index contributed by atoms with van der Waals surface area (Å²) in [5.74, 6) is 2.24. The van der Waals surface area contributed by atoms with Crippen LogP contribution in [0.2, 0.25) is 0 Å². The monoisotopic (exact) mass is 342 g/mol. The largest absolute Gasteiger partial charge is 0.486 e. The van der Waals surface area contributed by atoms with Crippen LogP contribution in [0.25, 0.3) is 0 Å². The summed E-state index contributed by atoms with van der Waals surface area (Å²) < 4.78 is 11.2. The second-order valence-corrected chi connectivity index (χ2v) is 7.06. The summed E-state index contributed by atoms with van der Waals surface area (Å²) in [6.45, 7) is 5.68. The molecule has 4 rings (SSSR count). The van der Waals surface area contributed by atoms with E-state index in [0.29, 0.717) is 19.1 Å². The molecule has 2 heterocycles. The second kappa shape index (κ2) is 7.48. The van der Waals surface area contributed by atoms with Gasteiger partial charge in [0.1, 0.15) is 13.2 Å². The van der Waals surface area contributed by atoms with Crippen molar-refractivity contribution >= 4 is 5.91 Å². The number of carbonyl (C=O) groups is 1. The Morgan fingerprint density at radius 1 is 1.04 bits per heavy atom. The normalized spacial score (nSPS) is 23.5. The Bertz CT molecular complexity index is 650. The van der Waals surface area contributed by atoms with Gasteiger partial charge in [0.25, 0.3) is 0 Å². The van der Waals surface area contributed by atoms with Crippen LogP contribution >= 0.6 is 0 Å². The van der Waals surface area contributed by atoms with Gasteiger partial charge in [-0.05, 0) is 37.0 Å². The number of fused-ring (bicyclic) bond motifs is 1. The van der Waals surface area contributed by atoms with Gasteiger partial charge in [-0.3, -0.25) is 9.69 Å². The van der Waals surface area contributed by atoms with Crippen molar-refractivity contribution in [1.82, 2.24) is 9.80 Å². The van der Waals surface area contributed by atoms with Crippen molar-refractivity contribution in [2.75, 3.05) is 39.4 Å².